The molecule has 0 fully saturated rings. The smallest absolute Gasteiger partial charge is 0.244 e. The molecule has 1 amide bonds. The van der Waals surface area contributed by atoms with Crippen LogP contribution < -0.4 is 5.32 Å². The minimum Gasteiger partial charge on any atom is -0.390 e. The van der Waals surface area contributed by atoms with Crippen molar-refractivity contribution in [1.82, 2.24) is 15.1 Å². The van der Waals surface area contributed by atoms with Crippen LogP contribution in [0.3, 0.4) is 0 Å². The van der Waals surface area contributed by atoms with E-state index in [1.54, 1.807) is 17.0 Å². The number of fused-ring (bicyclic) bond motifs is 1. The second-order valence-corrected chi connectivity index (χ2v) is 6.34. The summed E-state index contributed by atoms with van der Waals surface area (Å²) >= 11 is 0. The third-order valence-electron chi connectivity index (χ3n) is 4.55. The first kappa shape index (κ1) is 16.3. The Morgan fingerprint density at radius 2 is 1.92 bits per heavy atom. The highest BCUT2D eigenvalue weighted by Crippen LogP contribution is 2.31. The second kappa shape index (κ2) is 6.98. The van der Waals surface area contributed by atoms with Gasteiger partial charge in [0.2, 0.25) is 5.91 Å². The summed E-state index contributed by atoms with van der Waals surface area (Å²) in [5.41, 5.74) is 3.86. The van der Waals surface area contributed by atoms with Gasteiger partial charge in [0.1, 0.15) is 0 Å². The molecule has 4 rings (SSSR count). The Kier molecular flexibility index (Phi) is 4.37. The Morgan fingerprint density at radius 3 is 2.77 bits per heavy atom. The number of rotatable bonds is 4. The van der Waals surface area contributed by atoms with Crippen LogP contribution in [0.25, 0.3) is 11.8 Å². The number of carbonyl (C=O) groups excluding carboxylic acids is 1. The third kappa shape index (κ3) is 3.30. The first-order valence-corrected chi connectivity index (χ1v) is 8.55. The van der Waals surface area contributed by atoms with Crippen molar-refractivity contribution in [1.29, 1.82) is 0 Å². The summed E-state index contributed by atoms with van der Waals surface area (Å²) in [5.74, 6) is -0.238. The SMILES string of the molecule is O=C(/C=C/c1cnn(-c2ccccc2)c1)N[C@H]1c2ccccc2C[C@H]1O. The number of hydrogen-bond acceptors (Lipinski definition) is 3. The van der Waals surface area contributed by atoms with Crippen molar-refractivity contribution >= 4 is 12.0 Å². The van der Waals surface area contributed by atoms with Crippen molar-refractivity contribution in [3.05, 3.63) is 89.8 Å². The molecule has 2 atom stereocenters. The minimum absolute atomic E-state index is 0.238. The van der Waals surface area contributed by atoms with Crippen molar-refractivity contribution in [2.75, 3.05) is 0 Å². The van der Waals surface area contributed by atoms with Crippen molar-refractivity contribution in [2.24, 2.45) is 0 Å². The number of para-hydroxylation sites is 1. The molecule has 5 heteroatoms. The standard InChI is InChI=1S/C21H19N3O2/c25-19-12-16-6-4-5-9-18(16)21(19)23-20(26)11-10-15-13-22-24(14-15)17-7-2-1-3-8-17/h1-11,13-14,19,21,25H,12H2,(H,23,26)/b11-10+/t19-,21+/m1/s1. The lowest BCUT2D eigenvalue weighted by molar-refractivity contribution is -0.117. The Hall–Kier alpha value is -3.18. The van der Waals surface area contributed by atoms with E-state index in [1.165, 1.54) is 6.08 Å². The maximum absolute atomic E-state index is 12.3. The summed E-state index contributed by atoms with van der Waals surface area (Å²) in [6.07, 6.45) is 6.73. The number of aliphatic hydroxyl groups excluding tert-OH is 1. The van der Waals surface area contributed by atoms with Crippen LogP contribution in [-0.4, -0.2) is 26.9 Å². The summed E-state index contributed by atoms with van der Waals surface area (Å²) in [4.78, 5) is 12.3. The highest BCUT2D eigenvalue weighted by molar-refractivity contribution is 5.92. The van der Waals surface area contributed by atoms with E-state index in [0.717, 1.165) is 22.4 Å². The molecule has 0 unspecified atom stereocenters. The van der Waals surface area contributed by atoms with E-state index >= 15 is 0 Å². The Labute approximate surface area is 151 Å². The molecule has 0 spiro atoms. The van der Waals surface area contributed by atoms with Crippen LogP contribution in [-0.2, 0) is 11.2 Å². The average Bonchev–Trinajstić information content (AvgIpc) is 3.26. The predicted molar refractivity (Wildman–Crippen MR) is 99.6 cm³/mol. The van der Waals surface area contributed by atoms with Crippen molar-refractivity contribution < 1.29 is 9.90 Å². The first-order valence-electron chi connectivity index (χ1n) is 8.55. The highest BCUT2D eigenvalue weighted by atomic mass is 16.3. The van der Waals surface area contributed by atoms with Gasteiger partial charge in [0.05, 0.1) is 24.0 Å². The van der Waals surface area contributed by atoms with Gasteiger partial charge in [-0.05, 0) is 29.3 Å². The van der Waals surface area contributed by atoms with Gasteiger partial charge in [0.15, 0.2) is 0 Å². The van der Waals surface area contributed by atoms with Gasteiger partial charge < -0.3 is 10.4 Å². The van der Waals surface area contributed by atoms with E-state index in [9.17, 15) is 9.90 Å². The molecule has 0 aliphatic heterocycles. The number of aromatic nitrogens is 2. The molecule has 1 heterocycles. The molecule has 1 aliphatic carbocycles. The maximum atomic E-state index is 12.3. The van der Waals surface area contributed by atoms with Crippen LogP contribution in [0.15, 0.2) is 73.1 Å². The molecule has 26 heavy (non-hydrogen) atoms. The zero-order valence-electron chi connectivity index (χ0n) is 14.1. The van der Waals surface area contributed by atoms with Gasteiger partial charge in [0, 0.05) is 24.3 Å². The molecule has 0 radical (unpaired) electrons. The number of carbonyl (C=O) groups is 1. The van der Waals surface area contributed by atoms with Gasteiger partial charge in [-0.1, -0.05) is 42.5 Å². The molecule has 1 aromatic heterocycles. The van der Waals surface area contributed by atoms with Crippen molar-refractivity contribution in [3.8, 4) is 5.69 Å². The molecule has 0 bridgehead atoms. The molecule has 130 valence electrons. The largest absolute Gasteiger partial charge is 0.390 e. The molecule has 3 aromatic rings. The minimum atomic E-state index is -0.592. The summed E-state index contributed by atoms with van der Waals surface area (Å²) in [5, 5.41) is 17.4. The van der Waals surface area contributed by atoms with Crippen LogP contribution in [0.4, 0.5) is 0 Å². The summed E-state index contributed by atoms with van der Waals surface area (Å²) < 4.78 is 1.76. The molecular weight excluding hydrogens is 326 g/mol. The fourth-order valence-corrected chi connectivity index (χ4v) is 3.27. The van der Waals surface area contributed by atoms with Gasteiger partial charge in [-0.25, -0.2) is 4.68 Å². The lowest BCUT2D eigenvalue weighted by Crippen LogP contribution is -2.32. The van der Waals surface area contributed by atoms with E-state index in [0.29, 0.717) is 6.42 Å². The van der Waals surface area contributed by atoms with Crippen molar-refractivity contribution in [3.63, 3.8) is 0 Å². The zero-order valence-corrected chi connectivity index (χ0v) is 14.1. The highest BCUT2D eigenvalue weighted by Gasteiger charge is 2.31. The molecule has 2 N–H and O–H groups in total. The van der Waals surface area contributed by atoms with Gasteiger partial charge in [-0.3, -0.25) is 4.79 Å². The number of nitrogens with zero attached hydrogens (tertiary/aromatic N) is 2. The van der Waals surface area contributed by atoms with E-state index in [2.05, 4.69) is 10.4 Å². The molecule has 0 saturated heterocycles. The summed E-state index contributed by atoms with van der Waals surface area (Å²) in [7, 11) is 0. The van der Waals surface area contributed by atoms with Crippen LogP contribution in [0.2, 0.25) is 0 Å². The van der Waals surface area contributed by atoms with E-state index < -0.39 is 6.10 Å². The lowest BCUT2D eigenvalue weighted by Gasteiger charge is -2.16. The fourth-order valence-electron chi connectivity index (χ4n) is 3.27. The second-order valence-electron chi connectivity index (χ2n) is 6.34. The molecule has 2 aromatic carbocycles. The predicted octanol–water partition coefficient (Wildman–Crippen LogP) is 2.66. The Balaban J connectivity index is 1.43. The molecule has 0 saturated carbocycles. The zero-order chi connectivity index (χ0) is 17.9. The summed E-state index contributed by atoms with van der Waals surface area (Å²) in [6, 6.07) is 17.2. The van der Waals surface area contributed by atoms with E-state index in [4.69, 9.17) is 0 Å². The number of benzene rings is 2. The van der Waals surface area contributed by atoms with Gasteiger partial charge >= 0.3 is 0 Å². The number of aliphatic hydroxyl groups is 1. The maximum Gasteiger partial charge on any atom is 0.244 e. The monoisotopic (exact) mass is 345 g/mol. The number of nitrogens with one attached hydrogen (secondary N) is 1. The van der Waals surface area contributed by atoms with E-state index in [1.807, 2.05) is 60.8 Å². The molecular formula is C21H19N3O2. The lowest BCUT2D eigenvalue weighted by atomic mass is 10.1. The number of amides is 1. The third-order valence-corrected chi connectivity index (χ3v) is 4.55. The Morgan fingerprint density at radius 1 is 1.15 bits per heavy atom. The van der Waals surface area contributed by atoms with Crippen molar-refractivity contribution in [2.45, 2.75) is 18.6 Å². The Bertz CT molecular complexity index is 947. The van der Waals surface area contributed by atoms with Crippen LogP contribution in [0, 0.1) is 0 Å². The normalized spacial score (nSPS) is 18.8. The van der Waals surface area contributed by atoms with Gasteiger partial charge in [-0.15, -0.1) is 0 Å². The quantitative estimate of drug-likeness (QED) is 0.715. The van der Waals surface area contributed by atoms with Crippen LogP contribution in [0.1, 0.15) is 22.7 Å². The molecule has 1 aliphatic rings. The topological polar surface area (TPSA) is 67.2 Å². The van der Waals surface area contributed by atoms with Crippen LogP contribution >= 0.6 is 0 Å². The fraction of sp³-hybridized carbons (Fsp3) is 0.143. The number of hydrogen-bond donors (Lipinski definition) is 2. The van der Waals surface area contributed by atoms with E-state index in [-0.39, 0.29) is 11.9 Å². The molecule has 5 nitrogen and oxygen atoms in total. The van der Waals surface area contributed by atoms with Gasteiger partial charge in [0.25, 0.3) is 0 Å². The average molecular weight is 345 g/mol. The van der Waals surface area contributed by atoms with Gasteiger partial charge in [-0.2, -0.15) is 5.10 Å². The first-order chi connectivity index (χ1) is 12.7. The van der Waals surface area contributed by atoms with Crippen LogP contribution in [0.5, 0.6) is 0 Å². The summed E-state index contributed by atoms with van der Waals surface area (Å²) in [6.45, 7) is 0.